The maximum Gasteiger partial charge on any atom is 0.304 e. The first-order valence-corrected chi connectivity index (χ1v) is 5.84. The van der Waals surface area contributed by atoms with Crippen LogP contribution in [0.2, 0.25) is 0 Å². The van der Waals surface area contributed by atoms with E-state index in [2.05, 4.69) is 0 Å². The summed E-state index contributed by atoms with van der Waals surface area (Å²) in [5, 5.41) is 8.90. The van der Waals surface area contributed by atoms with Crippen LogP contribution in [0.1, 0.15) is 30.4 Å². The number of aliphatic carboxylic acids is 1. The summed E-state index contributed by atoms with van der Waals surface area (Å²) in [6.45, 7) is 2.53. The average molecular weight is 235 g/mol. The van der Waals surface area contributed by atoms with E-state index in [1.54, 1.807) is 0 Å². The lowest BCUT2D eigenvalue weighted by Crippen LogP contribution is -2.26. The van der Waals surface area contributed by atoms with Crippen molar-refractivity contribution in [3.8, 4) is 5.75 Å². The summed E-state index contributed by atoms with van der Waals surface area (Å²) in [7, 11) is 0. The predicted octanol–water partition coefficient (Wildman–Crippen LogP) is 1.53. The zero-order valence-corrected chi connectivity index (χ0v) is 9.85. The van der Waals surface area contributed by atoms with Gasteiger partial charge in [0.2, 0.25) is 0 Å². The van der Waals surface area contributed by atoms with Gasteiger partial charge in [0.15, 0.2) is 0 Å². The van der Waals surface area contributed by atoms with Crippen LogP contribution in [0.25, 0.3) is 0 Å². The molecule has 0 heterocycles. The van der Waals surface area contributed by atoms with Crippen LogP contribution < -0.4 is 10.5 Å². The van der Waals surface area contributed by atoms with E-state index >= 15 is 0 Å². The van der Waals surface area contributed by atoms with Gasteiger partial charge in [-0.3, -0.25) is 4.79 Å². The smallest absolute Gasteiger partial charge is 0.304 e. The quantitative estimate of drug-likeness (QED) is 0.830. The van der Waals surface area contributed by atoms with Gasteiger partial charge in [-0.2, -0.15) is 0 Å². The van der Waals surface area contributed by atoms with Crippen LogP contribution in [-0.4, -0.2) is 23.7 Å². The Labute approximate surface area is 100 Å². The van der Waals surface area contributed by atoms with Crippen molar-refractivity contribution >= 4 is 5.97 Å². The number of benzene rings is 1. The number of nitrogens with two attached hydrogens (primary N) is 1. The molecule has 1 aromatic rings. The molecule has 0 spiro atoms. The molecule has 1 aliphatic rings. The predicted molar refractivity (Wildman–Crippen MR) is 64.3 cm³/mol. The summed E-state index contributed by atoms with van der Waals surface area (Å²) in [6.07, 6.45) is 0.837. The Bertz CT molecular complexity index is 431. The Balaban J connectivity index is 2.29. The largest absolute Gasteiger partial charge is 0.494 e. The minimum absolute atomic E-state index is 0.0870. The molecule has 4 heteroatoms. The fraction of sp³-hybridized carbons (Fsp3) is 0.462. The van der Waals surface area contributed by atoms with Gasteiger partial charge in [-0.15, -0.1) is 0 Å². The summed E-state index contributed by atoms with van der Waals surface area (Å²) in [6, 6.07) is 5.73. The van der Waals surface area contributed by atoms with Crippen LogP contribution in [-0.2, 0) is 11.2 Å². The van der Waals surface area contributed by atoms with Crippen molar-refractivity contribution in [3.05, 3.63) is 29.3 Å². The molecule has 4 nitrogen and oxygen atoms in total. The van der Waals surface area contributed by atoms with Crippen LogP contribution in [0.4, 0.5) is 0 Å². The number of hydrogen-bond donors (Lipinski definition) is 2. The van der Waals surface area contributed by atoms with Gasteiger partial charge in [0.05, 0.1) is 13.0 Å². The molecular weight excluding hydrogens is 218 g/mol. The first kappa shape index (κ1) is 11.9. The highest BCUT2D eigenvalue weighted by molar-refractivity contribution is 5.69. The zero-order valence-electron chi connectivity index (χ0n) is 9.85. The van der Waals surface area contributed by atoms with E-state index in [9.17, 15) is 4.79 Å². The van der Waals surface area contributed by atoms with Crippen LogP contribution in [0.5, 0.6) is 5.75 Å². The van der Waals surface area contributed by atoms with Gasteiger partial charge >= 0.3 is 5.97 Å². The van der Waals surface area contributed by atoms with E-state index < -0.39 is 5.97 Å². The Morgan fingerprint density at radius 3 is 3.00 bits per heavy atom. The van der Waals surface area contributed by atoms with E-state index in [0.717, 1.165) is 23.3 Å². The SMILES string of the molecule is CCOc1ccc2c(c1)C(CC(=O)O)C(N)C2. The van der Waals surface area contributed by atoms with Crippen LogP contribution in [0.15, 0.2) is 18.2 Å². The maximum atomic E-state index is 10.8. The molecule has 0 aromatic heterocycles. The van der Waals surface area contributed by atoms with Gasteiger partial charge < -0.3 is 15.6 Å². The molecule has 0 amide bonds. The number of hydrogen-bond acceptors (Lipinski definition) is 3. The highest BCUT2D eigenvalue weighted by Crippen LogP contribution is 2.36. The first-order valence-electron chi connectivity index (χ1n) is 5.84. The molecular formula is C13H17NO3. The zero-order chi connectivity index (χ0) is 12.4. The van der Waals surface area contributed by atoms with E-state index in [4.69, 9.17) is 15.6 Å². The van der Waals surface area contributed by atoms with E-state index in [1.807, 2.05) is 25.1 Å². The van der Waals surface area contributed by atoms with Crippen molar-refractivity contribution in [1.82, 2.24) is 0 Å². The standard InChI is InChI=1S/C13H17NO3/c1-2-17-9-4-3-8-5-12(14)11(7-13(15)16)10(8)6-9/h3-4,6,11-12H,2,5,7,14H2,1H3,(H,15,16). The minimum atomic E-state index is -0.805. The van der Waals surface area contributed by atoms with Gasteiger partial charge in [0.1, 0.15) is 5.75 Å². The molecule has 0 saturated carbocycles. The van der Waals surface area contributed by atoms with Crippen molar-refractivity contribution in [2.45, 2.75) is 31.7 Å². The molecule has 0 radical (unpaired) electrons. The second-order valence-corrected chi connectivity index (χ2v) is 4.37. The van der Waals surface area contributed by atoms with Gasteiger partial charge in [0, 0.05) is 12.0 Å². The topological polar surface area (TPSA) is 72.5 Å². The number of ether oxygens (including phenoxy) is 1. The second kappa shape index (κ2) is 4.75. The first-order chi connectivity index (χ1) is 8.11. The molecule has 2 rings (SSSR count). The number of fused-ring (bicyclic) bond motifs is 1. The van der Waals surface area contributed by atoms with Gasteiger partial charge in [-0.05, 0) is 36.6 Å². The third kappa shape index (κ3) is 2.42. The highest BCUT2D eigenvalue weighted by atomic mass is 16.5. The maximum absolute atomic E-state index is 10.8. The molecule has 0 fully saturated rings. The molecule has 0 aliphatic heterocycles. The van der Waals surface area contributed by atoms with Crippen LogP contribution in [0.3, 0.4) is 0 Å². The van der Waals surface area contributed by atoms with Gasteiger partial charge in [-0.25, -0.2) is 0 Å². The number of rotatable bonds is 4. The van der Waals surface area contributed by atoms with Crippen molar-refractivity contribution in [3.63, 3.8) is 0 Å². The Morgan fingerprint density at radius 2 is 2.35 bits per heavy atom. The van der Waals surface area contributed by atoms with Crippen LogP contribution in [0, 0.1) is 0 Å². The number of carboxylic acids is 1. The third-order valence-corrected chi connectivity index (χ3v) is 3.19. The summed E-state index contributed by atoms with van der Waals surface area (Å²) in [5.41, 5.74) is 8.18. The lowest BCUT2D eigenvalue weighted by Gasteiger charge is -2.14. The molecule has 2 atom stereocenters. The number of carboxylic acid groups (broad SMARTS) is 1. The molecule has 3 N–H and O–H groups in total. The lowest BCUT2D eigenvalue weighted by atomic mass is 9.95. The molecule has 1 aromatic carbocycles. The monoisotopic (exact) mass is 235 g/mol. The van der Waals surface area contributed by atoms with E-state index in [1.165, 1.54) is 0 Å². The Kier molecular flexibility index (Phi) is 3.33. The van der Waals surface area contributed by atoms with Crippen LogP contribution >= 0.6 is 0 Å². The molecule has 2 unspecified atom stereocenters. The summed E-state index contributed by atoms with van der Waals surface area (Å²) >= 11 is 0. The second-order valence-electron chi connectivity index (χ2n) is 4.37. The minimum Gasteiger partial charge on any atom is -0.494 e. The van der Waals surface area contributed by atoms with Crippen molar-refractivity contribution in [2.75, 3.05) is 6.61 Å². The van der Waals surface area contributed by atoms with E-state index in [0.29, 0.717) is 6.61 Å². The van der Waals surface area contributed by atoms with Crippen molar-refractivity contribution < 1.29 is 14.6 Å². The fourth-order valence-electron chi connectivity index (χ4n) is 2.44. The third-order valence-electron chi connectivity index (χ3n) is 3.19. The molecule has 17 heavy (non-hydrogen) atoms. The normalized spacial score (nSPS) is 22.2. The lowest BCUT2D eigenvalue weighted by molar-refractivity contribution is -0.137. The summed E-state index contributed by atoms with van der Waals surface area (Å²) in [4.78, 5) is 10.8. The van der Waals surface area contributed by atoms with Gasteiger partial charge in [-0.1, -0.05) is 6.07 Å². The summed E-state index contributed by atoms with van der Waals surface area (Å²) in [5.74, 6) is -0.112. The van der Waals surface area contributed by atoms with E-state index in [-0.39, 0.29) is 18.4 Å². The summed E-state index contributed by atoms with van der Waals surface area (Å²) < 4.78 is 5.43. The Morgan fingerprint density at radius 1 is 1.59 bits per heavy atom. The average Bonchev–Trinajstić information content (AvgIpc) is 2.56. The fourth-order valence-corrected chi connectivity index (χ4v) is 2.44. The molecule has 1 aliphatic carbocycles. The molecule has 92 valence electrons. The molecule has 0 saturated heterocycles. The van der Waals surface area contributed by atoms with Crippen molar-refractivity contribution in [1.29, 1.82) is 0 Å². The molecule has 0 bridgehead atoms. The van der Waals surface area contributed by atoms with Gasteiger partial charge in [0.25, 0.3) is 0 Å². The highest BCUT2D eigenvalue weighted by Gasteiger charge is 2.31. The number of carbonyl (C=O) groups is 1. The van der Waals surface area contributed by atoms with Crippen molar-refractivity contribution in [2.24, 2.45) is 5.73 Å². The Hall–Kier alpha value is -1.55.